The van der Waals surface area contributed by atoms with Crippen LogP contribution in [-0.2, 0) is 13.0 Å². The van der Waals surface area contributed by atoms with Gasteiger partial charge in [0.25, 0.3) is 0 Å². The Morgan fingerprint density at radius 1 is 1.17 bits per heavy atom. The molecule has 3 aromatic rings. The number of hydrogen-bond acceptors (Lipinski definition) is 3. The van der Waals surface area contributed by atoms with E-state index in [9.17, 15) is 4.79 Å². The molecule has 23 heavy (non-hydrogen) atoms. The Morgan fingerprint density at radius 3 is 2.83 bits per heavy atom. The molecule has 0 saturated heterocycles. The number of nitrogens with one attached hydrogen (secondary N) is 2. The van der Waals surface area contributed by atoms with Gasteiger partial charge in [-0.15, -0.1) is 0 Å². The lowest BCUT2D eigenvalue weighted by atomic mass is 10.2. The summed E-state index contributed by atoms with van der Waals surface area (Å²) in [6.07, 6.45) is 2.43. The third-order valence-corrected chi connectivity index (χ3v) is 3.56. The molecule has 1 aromatic carbocycles. The Hall–Kier alpha value is -2.82. The number of aromatic nitrogens is 1. The maximum absolute atomic E-state index is 11.8. The van der Waals surface area contributed by atoms with Crippen molar-refractivity contribution >= 4 is 17.0 Å². The van der Waals surface area contributed by atoms with E-state index < -0.39 is 0 Å². The van der Waals surface area contributed by atoms with E-state index >= 15 is 0 Å². The number of carbonyl (C=O) groups is 1. The van der Waals surface area contributed by atoms with Gasteiger partial charge in [0.05, 0.1) is 0 Å². The molecule has 5 heteroatoms. The van der Waals surface area contributed by atoms with Gasteiger partial charge in [0.15, 0.2) is 0 Å². The molecule has 2 aromatic heterocycles. The molecule has 0 spiro atoms. The van der Waals surface area contributed by atoms with Gasteiger partial charge in [-0.3, -0.25) is 4.98 Å². The highest BCUT2D eigenvalue weighted by atomic mass is 16.3. The molecule has 3 rings (SSSR count). The summed E-state index contributed by atoms with van der Waals surface area (Å²) in [5, 5.41) is 6.72. The number of urea groups is 1. The standard InChI is InChI=1S/C18H19N3O2/c1-13-6-7-14(11-20-13)12-21-18(22)19-9-8-16-10-15-4-2-3-5-17(15)23-16/h2-7,10-11H,8-9,12H2,1H3,(H2,19,21,22). The first-order chi connectivity index (χ1) is 11.2. The first-order valence-corrected chi connectivity index (χ1v) is 7.61. The van der Waals surface area contributed by atoms with Crippen molar-refractivity contribution in [3.63, 3.8) is 0 Å². The Balaban J connectivity index is 1.43. The van der Waals surface area contributed by atoms with Crippen molar-refractivity contribution in [1.29, 1.82) is 0 Å². The van der Waals surface area contributed by atoms with Gasteiger partial charge in [-0.2, -0.15) is 0 Å². The number of aryl methyl sites for hydroxylation is 1. The molecule has 0 bridgehead atoms. The molecule has 0 fully saturated rings. The third-order valence-electron chi connectivity index (χ3n) is 3.56. The van der Waals surface area contributed by atoms with Crippen LogP contribution in [-0.4, -0.2) is 17.6 Å². The molecule has 118 valence electrons. The van der Waals surface area contributed by atoms with Crippen molar-refractivity contribution in [2.75, 3.05) is 6.54 Å². The normalized spacial score (nSPS) is 10.7. The summed E-state index contributed by atoms with van der Waals surface area (Å²) >= 11 is 0. The van der Waals surface area contributed by atoms with Gasteiger partial charge in [0.1, 0.15) is 11.3 Å². The predicted octanol–water partition coefficient (Wildman–Crippen LogP) is 3.18. The number of furan rings is 1. The average molecular weight is 309 g/mol. The summed E-state index contributed by atoms with van der Waals surface area (Å²) in [6.45, 7) is 2.92. The van der Waals surface area contributed by atoms with Gasteiger partial charge in [-0.1, -0.05) is 24.3 Å². The van der Waals surface area contributed by atoms with E-state index in [0.29, 0.717) is 19.5 Å². The number of benzene rings is 1. The van der Waals surface area contributed by atoms with Gasteiger partial charge in [0, 0.05) is 36.8 Å². The van der Waals surface area contributed by atoms with Gasteiger partial charge in [-0.05, 0) is 30.7 Å². The lowest BCUT2D eigenvalue weighted by Gasteiger charge is -2.07. The summed E-state index contributed by atoms with van der Waals surface area (Å²) < 4.78 is 5.71. The van der Waals surface area contributed by atoms with E-state index in [2.05, 4.69) is 15.6 Å². The van der Waals surface area contributed by atoms with Crippen LogP contribution in [0, 0.1) is 6.92 Å². The molecule has 2 N–H and O–H groups in total. The second-order valence-electron chi connectivity index (χ2n) is 5.42. The van der Waals surface area contributed by atoms with Crippen LogP contribution in [0.25, 0.3) is 11.0 Å². The topological polar surface area (TPSA) is 67.2 Å². The van der Waals surface area contributed by atoms with Crippen LogP contribution in [0.5, 0.6) is 0 Å². The van der Waals surface area contributed by atoms with Crippen LogP contribution in [0.2, 0.25) is 0 Å². The number of pyridine rings is 1. The van der Waals surface area contributed by atoms with Gasteiger partial charge in [0.2, 0.25) is 0 Å². The van der Waals surface area contributed by atoms with Crippen LogP contribution in [0.4, 0.5) is 4.79 Å². The molecule has 0 atom stereocenters. The minimum atomic E-state index is -0.193. The fraction of sp³-hybridized carbons (Fsp3) is 0.222. The molecule has 0 radical (unpaired) electrons. The number of carbonyl (C=O) groups excluding carboxylic acids is 1. The van der Waals surface area contributed by atoms with Gasteiger partial charge < -0.3 is 15.1 Å². The zero-order valence-corrected chi connectivity index (χ0v) is 13.0. The van der Waals surface area contributed by atoms with Crippen LogP contribution in [0.3, 0.4) is 0 Å². The first kappa shape index (κ1) is 15.1. The van der Waals surface area contributed by atoms with Crippen LogP contribution in [0.1, 0.15) is 17.0 Å². The highest BCUT2D eigenvalue weighted by Crippen LogP contribution is 2.18. The van der Waals surface area contributed by atoms with Crippen molar-refractivity contribution in [2.24, 2.45) is 0 Å². The quantitative estimate of drug-likeness (QED) is 0.760. The molecule has 2 heterocycles. The van der Waals surface area contributed by atoms with E-state index in [0.717, 1.165) is 28.0 Å². The number of fused-ring (bicyclic) bond motifs is 1. The number of rotatable bonds is 5. The summed E-state index contributed by atoms with van der Waals surface area (Å²) in [5.41, 5.74) is 2.81. The lowest BCUT2D eigenvalue weighted by molar-refractivity contribution is 0.240. The SMILES string of the molecule is Cc1ccc(CNC(=O)NCCc2cc3ccccc3o2)cn1. The molecule has 2 amide bonds. The fourth-order valence-electron chi connectivity index (χ4n) is 2.31. The summed E-state index contributed by atoms with van der Waals surface area (Å²) in [6, 6.07) is 13.6. The second kappa shape index (κ2) is 6.96. The van der Waals surface area contributed by atoms with Crippen LogP contribution < -0.4 is 10.6 Å². The molecule has 0 unspecified atom stereocenters. The second-order valence-corrected chi connectivity index (χ2v) is 5.42. The van der Waals surface area contributed by atoms with E-state index in [1.165, 1.54) is 0 Å². The van der Waals surface area contributed by atoms with Crippen LogP contribution in [0.15, 0.2) is 53.1 Å². The molecular formula is C18H19N3O2. The fourth-order valence-corrected chi connectivity index (χ4v) is 2.31. The monoisotopic (exact) mass is 309 g/mol. The van der Waals surface area contributed by atoms with Gasteiger partial charge in [-0.25, -0.2) is 4.79 Å². The Morgan fingerprint density at radius 2 is 2.04 bits per heavy atom. The van der Waals surface area contributed by atoms with Crippen molar-refractivity contribution in [2.45, 2.75) is 19.9 Å². The highest BCUT2D eigenvalue weighted by Gasteiger charge is 2.04. The molecule has 0 saturated carbocycles. The summed E-state index contributed by atoms with van der Waals surface area (Å²) in [4.78, 5) is 16.0. The molecule has 0 aliphatic heterocycles. The molecule has 5 nitrogen and oxygen atoms in total. The Labute approximate surface area is 134 Å². The largest absolute Gasteiger partial charge is 0.461 e. The van der Waals surface area contributed by atoms with Crippen LogP contribution >= 0.6 is 0 Å². The van der Waals surface area contributed by atoms with Crippen molar-refractivity contribution in [1.82, 2.24) is 15.6 Å². The molecule has 0 aliphatic carbocycles. The molecule has 0 aliphatic rings. The Kier molecular flexibility index (Phi) is 4.57. The highest BCUT2D eigenvalue weighted by molar-refractivity contribution is 5.77. The summed E-state index contributed by atoms with van der Waals surface area (Å²) in [7, 11) is 0. The third kappa shape index (κ3) is 4.10. The van der Waals surface area contributed by atoms with Crippen molar-refractivity contribution in [3.8, 4) is 0 Å². The zero-order valence-electron chi connectivity index (χ0n) is 13.0. The minimum Gasteiger partial charge on any atom is -0.461 e. The van der Waals surface area contributed by atoms with E-state index in [4.69, 9.17) is 4.42 Å². The zero-order chi connectivity index (χ0) is 16.1. The number of amides is 2. The van der Waals surface area contributed by atoms with E-state index in [1.807, 2.05) is 49.4 Å². The minimum absolute atomic E-state index is 0.193. The van der Waals surface area contributed by atoms with Gasteiger partial charge >= 0.3 is 6.03 Å². The maximum Gasteiger partial charge on any atom is 0.315 e. The average Bonchev–Trinajstić information content (AvgIpc) is 2.97. The van der Waals surface area contributed by atoms with Crippen molar-refractivity contribution in [3.05, 3.63) is 65.7 Å². The first-order valence-electron chi connectivity index (χ1n) is 7.61. The maximum atomic E-state index is 11.8. The Bertz CT molecular complexity index is 760. The lowest BCUT2D eigenvalue weighted by Crippen LogP contribution is -2.36. The smallest absolute Gasteiger partial charge is 0.315 e. The molecular weight excluding hydrogens is 290 g/mol. The van der Waals surface area contributed by atoms with Crippen molar-refractivity contribution < 1.29 is 9.21 Å². The van der Waals surface area contributed by atoms with E-state index in [-0.39, 0.29) is 6.03 Å². The van der Waals surface area contributed by atoms with E-state index in [1.54, 1.807) is 6.20 Å². The number of nitrogens with zero attached hydrogens (tertiary/aromatic N) is 1. The number of para-hydroxylation sites is 1. The predicted molar refractivity (Wildman–Crippen MR) is 89.1 cm³/mol. The summed E-state index contributed by atoms with van der Waals surface area (Å²) in [5.74, 6) is 0.870. The number of hydrogen-bond donors (Lipinski definition) is 2.